The lowest BCUT2D eigenvalue weighted by Crippen LogP contribution is -2.49. The van der Waals surface area contributed by atoms with Gasteiger partial charge in [0.25, 0.3) is 0 Å². The van der Waals surface area contributed by atoms with Crippen molar-refractivity contribution in [2.24, 2.45) is 0 Å². The van der Waals surface area contributed by atoms with E-state index < -0.39 is 0 Å². The second kappa shape index (κ2) is 6.34. The molecule has 2 aliphatic rings. The van der Waals surface area contributed by atoms with Crippen LogP contribution in [0.4, 0.5) is 5.69 Å². The summed E-state index contributed by atoms with van der Waals surface area (Å²) in [5.74, 6) is 0. The van der Waals surface area contributed by atoms with Gasteiger partial charge in [-0.15, -0.1) is 0 Å². The molecule has 0 unspecified atom stereocenters. The minimum absolute atomic E-state index is 0.473. The Kier molecular flexibility index (Phi) is 4.06. The molecule has 23 heavy (non-hydrogen) atoms. The summed E-state index contributed by atoms with van der Waals surface area (Å²) in [6.07, 6.45) is 1.05. The van der Waals surface area contributed by atoms with Crippen LogP contribution >= 0.6 is 0 Å². The van der Waals surface area contributed by atoms with E-state index in [2.05, 4.69) is 63.6 Å². The Morgan fingerprint density at radius 2 is 1.78 bits per heavy atom. The zero-order chi connectivity index (χ0) is 15.6. The summed E-state index contributed by atoms with van der Waals surface area (Å²) >= 11 is 0. The highest BCUT2D eigenvalue weighted by molar-refractivity contribution is 5.60. The van der Waals surface area contributed by atoms with Crippen molar-refractivity contribution in [3.8, 4) is 0 Å². The van der Waals surface area contributed by atoms with Crippen LogP contribution in [0.2, 0.25) is 0 Å². The van der Waals surface area contributed by atoms with Gasteiger partial charge in [0, 0.05) is 38.4 Å². The van der Waals surface area contributed by atoms with Crippen LogP contribution in [-0.4, -0.2) is 44.7 Å². The Labute approximate surface area is 138 Å². The lowest BCUT2D eigenvalue weighted by atomic mass is 9.96. The minimum Gasteiger partial charge on any atom is -0.362 e. The van der Waals surface area contributed by atoms with Crippen molar-refractivity contribution in [2.75, 3.05) is 44.7 Å². The highest BCUT2D eigenvalue weighted by atomic mass is 15.3. The molecule has 2 heterocycles. The summed E-state index contributed by atoms with van der Waals surface area (Å²) in [6.45, 7) is 5.57. The van der Waals surface area contributed by atoms with Crippen LogP contribution in [0.15, 0.2) is 48.5 Å². The summed E-state index contributed by atoms with van der Waals surface area (Å²) in [5, 5.41) is 3.28. The molecular weight excluding hydrogens is 282 g/mol. The van der Waals surface area contributed by atoms with E-state index in [1.165, 1.54) is 22.4 Å². The minimum atomic E-state index is 0.473. The Balaban J connectivity index is 1.73. The first-order valence-corrected chi connectivity index (χ1v) is 8.66. The average Bonchev–Trinajstić information content (AvgIpc) is 2.74. The van der Waals surface area contributed by atoms with Gasteiger partial charge in [-0.3, -0.25) is 4.90 Å². The smallest absolute Gasteiger partial charge is 0.0672 e. The van der Waals surface area contributed by atoms with Gasteiger partial charge in [0.2, 0.25) is 0 Å². The number of nitrogens with zero attached hydrogens (tertiary/aromatic N) is 2. The Hall–Kier alpha value is -1.84. The zero-order valence-corrected chi connectivity index (χ0v) is 13.8. The molecule has 3 nitrogen and oxygen atoms in total. The van der Waals surface area contributed by atoms with E-state index in [0.717, 1.165) is 39.1 Å². The van der Waals surface area contributed by atoms with Gasteiger partial charge in [0.05, 0.1) is 6.04 Å². The molecule has 4 rings (SSSR count). The van der Waals surface area contributed by atoms with Crippen LogP contribution < -0.4 is 10.2 Å². The highest BCUT2D eigenvalue weighted by Crippen LogP contribution is 2.38. The Bertz CT molecular complexity index is 682. The molecule has 1 fully saturated rings. The third-order valence-electron chi connectivity index (χ3n) is 5.24. The van der Waals surface area contributed by atoms with Gasteiger partial charge < -0.3 is 10.2 Å². The van der Waals surface area contributed by atoms with Crippen LogP contribution in [0, 0.1) is 0 Å². The van der Waals surface area contributed by atoms with Crippen LogP contribution in [0.1, 0.15) is 22.7 Å². The number of para-hydroxylation sites is 1. The standard InChI is InChI=1S/C20H25N3/c1-21-10-11-22-12-13-23-19-9-5-3-7-17(19)14-16-6-2-4-8-18(16)20(23)15-22/h2-9,20-21H,10-15H2,1H3/t20-/m1/s1. The predicted molar refractivity (Wildman–Crippen MR) is 96.1 cm³/mol. The molecule has 2 aliphatic heterocycles. The van der Waals surface area contributed by atoms with Gasteiger partial charge in [-0.1, -0.05) is 42.5 Å². The van der Waals surface area contributed by atoms with Gasteiger partial charge >= 0.3 is 0 Å². The van der Waals surface area contributed by atoms with Gasteiger partial charge in [-0.05, 0) is 36.2 Å². The number of hydrogen-bond donors (Lipinski definition) is 1. The van der Waals surface area contributed by atoms with Crippen molar-refractivity contribution < 1.29 is 0 Å². The van der Waals surface area contributed by atoms with Crippen molar-refractivity contribution in [1.29, 1.82) is 0 Å². The number of rotatable bonds is 3. The number of likely N-dealkylation sites (N-methyl/N-ethyl adjacent to an activating group) is 1. The molecule has 0 amide bonds. The van der Waals surface area contributed by atoms with Gasteiger partial charge in [0.15, 0.2) is 0 Å². The van der Waals surface area contributed by atoms with Crippen molar-refractivity contribution in [1.82, 2.24) is 10.2 Å². The molecule has 2 aromatic rings. The van der Waals surface area contributed by atoms with Crippen LogP contribution in [-0.2, 0) is 6.42 Å². The Morgan fingerprint density at radius 3 is 2.65 bits per heavy atom. The van der Waals surface area contributed by atoms with E-state index in [1.54, 1.807) is 0 Å². The summed E-state index contributed by atoms with van der Waals surface area (Å²) in [6, 6.07) is 18.4. The first-order chi connectivity index (χ1) is 11.4. The lowest BCUT2D eigenvalue weighted by molar-refractivity contribution is 0.225. The SMILES string of the molecule is CNCCN1CCN2c3ccccc3Cc3ccccc3[C@H]2C1. The fourth-order valence-corrected chi connectivity index (χ4v) is 4.03. The maximum absolute atomic E-state index is 3.28. The molecule has 0 saturated carbocycles. The molecule has 3 heteroatoms. The van der Waals surface area contributed by atoms with E-state index in [-0.39, 0.29) is 0 Å². The monoisotopic (exact) mass is 307 g/mol. The van der Waals surface area contributed by atoms with E-state index in [0.29, 0.717) is 6.04 Å². The molecule has 0 bridgehead atoms. The summed E-state index contributed by atoms with van der Waals surface area (Å²) in [5.41, 5.74) is 5.90. The van der Waals surface area contributed by atoms with E-state index in [4.69, 9.17) is 0 Å². The van der Waals surface area contributed by atoms with Crippen LogP contribution in [0.3, 0.4) is 0 Å². The molecule has 0 spiro atoms. The molecule has 0 aromatic heterocycles. The second-order valence-electron chi connectivity index (χ2n) is 6.62. The summed E-state index contributed by atoms with van der Waals surface area (Å²) in [7, 11) is 2.04. The van der Waals surface area contributed by atoms with Gasteiger partial charge in [-0.2, -0.15) is 0 Å². The quantitative estimate of drug-likeness (QED) is 0.940. The van der Waals surface area contributed by atoms with Crippen molar-refractivity contribution in [3.05, 3.63) is 65.2 Å². The largest absolute Gasteiger partial charge is 0.362 e. The molecule has 1 N–H and O–H groups in total. The van der Waals surface area contributed by atoms with Gasteiger partial charge in [-0.25, -0.2) is 0 Å². The number of benzene rings is 2. The number of piperazine rings is 1. The zero-order valence-electron chi connectivity index (χ0n) is 13.8. The number of fused-ring (bicyclic) bond motifs is 5. The third kappa shape index (κ3) is 2.75. The average molecular weight is 307 g/mol. The number of nitrogens with one attached hydrogen (secondary N) is 1. The van der Waals surface area contributed by atoms with Crippen molar-refractivity contribution >= 4 is 5.69 Å². The number of hydrogen-bond acceptors (Lipinski definition) is 3. The second-order valence-corrected chi connectivity index (χ2v) is 6.62. The fraction of sp³-hybridized carbons (Fsp3) is 0.400. The molecule has 120 valence electrons. The summed E-state index contributed by atoms with van der Waals surface area (Å²) in [4.78, 5) is 5.24. The molecule has 1 atom stereocenters. The maximum Gasteiger partial charge on any atom is 0.0672 e. The van der Waals surface area contributed by atoms with Gasteiger partial charge in [0.1, 0.15) is 0 Å². The first kappa shape index (κ1) is 14.7. The predicted octanol–water partition coefficient (Wildman–Crippen LogP) is 2.67. The fourth-order valence-electron chi connectivity index (χ4n) is 4.03. The first-order valence-electron chi connectivity index (χ1n) is 8.66. The van der Waals surface area contributed by atoms with Crippen LogP contribution in [0.5, 0.6) is 0 Å². The Morgan fingerprint density at radius 1 is 1.00 bits per heavy atom. The topological polar surface area (TPSA) is 18.5 Å². The van der Waals surface area contributed by atoms with Crippen molar-refractivity contribution in [3.63, 3.8) is 0 Å². The lowest BCUT2D eigenvalue weighted by Gasteiger charge is -2.43. The molecular formula is C20H25N3. The van der Waals surface area contributed by atoms with E-state index >= 15 is 0 Å². The third-order valence-corrected chi connectivity index (χ3v) is 5.24. The normalized spacial score (nSPS) is 20.4. The van der Waals surface area contributed by atoms with Crippen molar-refractivity contribution in [2.45, 2.75) is 12.5 Å². The molecule has 1 saturated heterocycles. The molecule has 0 aliphatic carbocycles. The maximum atomic E-state index is 3.28. The van der Waals surface area contributed by atoms with E-state index in [9.17, 15) is 0 Å². The highest BCUT2D eigenvalue weighted by Gasteiger charge is 2.32. The van der Waals surface area contributed by atoms with E-state index in [1.807, 2.05) is 7.05 Å². The molecule has 0 radical (unpaired) electrons. The number of anilines is 1. The molecule has 2 aromatic carbocycles. The van der Waals surface area contributed by atoms with Crippen LogP contribution in [0.25, 0.3) is 0 Å². The summed E-state index contributed by atoms with van der Waals surface area (Å²) < 4.78 is 0.